The standard InChI is InChI=1S/C30H25BrN2O4/c1-18-15-19(2)17-20(16-18)28(34)32(21-7-9-22(37-3)10-8-21)13-14-33-29(35)24-6-4-5-23-26(31)12-11-25(27(23)24)30(33)36/h4-12,15-17H,13-14H2,1-3H3. The number of carbonyl (C=O) groups excluding carboxylic acids is 3. The summed E-state index contributed by atoms with van der Waals surface area (Å²) in [5, 5.41) is 1.47. The summed E-state index contributed by atoms with van der Waals surface area (Å²) in [5.41, 5.74) is 4.11. The molecule has 7 heteroatoms. The van der Waals surface area contributed by atoms with Crippen LogP contribution in [0.15, 0.2) is 77.3 Å². The molecule has 6 nitrogen and oxygen atoms in total. The van der Waals surface area contributed by atoms with Gasteiger partial charge in [-0.05, 0) is 73.8 Å². The average Bonchev–Trinajstić information content (AvgIpc) is 2.89. The lowest BCUT2D eigenvalue weighted by atomic mass is 9.94. The third-order valence-corrected chi connectivity index (χ3v) is 7.28. The van der Waals surface area contributed by atoms with Gasteiger partial charge in [0.2, 0.25) is 0 Å². The highest BCUT2D eigenvalue weighted by molar-refractivity contribution is 9.10. The van der Waals surface area contributed by atoms with Crippen LogP contribution >= 0.6 is 15.9 Å². The fraction of sp³-hybridized carbons (Fsp3) is 0.167. The van der Waals surface area contributed by atoms with E-state index in [0.29, 0.717) is 33.5 Å². The fourth-order valence-electron chi connectivity index (χ4n) is 4.88. The number of ether oxygens (including phenoxy) is 1. The maximum Gasteiger partial charge on any atom is 0.261 e. The molecule has 0 saturated heterocycles. The maximum atomic E-state index is 13.7. The molecule has 4 aromatic rings. The van der Waals surface area contributed by atoms with Crippen LogP contribution in [-0.4, -0.2) is 42.8 Å². The zero-order chi connectivity index (χ0) is 26.3. The van der Waals surface area contributed by atoms with Crippen molar-refractivity contribution in [1.82, 2.24) is 4.90 Å². The molecule has 0 unspecified atom stereocenters. The largest absolute Gasteiger partial charge is 0.497 e. The number of amides is 3. The van der Waals surface area contributed by atoms with Crippen LogP contribution in [0.3, 0.4) is 0 Å². The van der Waals surface area contributed by atoms with Crippen molar-refractivity contribution < 1.29 is 19.1 Å². The summed E-state index contributed by atoms with van der Waals surface area (Å²) in [4.78, 5) is 43.5. The van der Waals surface area contributed by atoms with E-state index >= 15 is 0 Å². The van der Waals surface area contributed by atoms with Crippen molar-refractivity contribution in [3.8, 4) is 5.75 Å². The van der Waals surface area contributed by atoms with Crippen molar-refractivity contribution in [3.63, 3.8) is 0 Å². The predicted molar refractivity (Wildman–Crippen MR) is 148 cm³/mol. The van der Waals surface area contributed by atoms with Crippen LogP contribution in [0.1, 0.15) is 42.2 Å². The van der Waals surface area contributed by atoms with Crippen LogP contribution in [0.25, 0.3) is 10.8 Å². The van der Waals surface area contributed by atoms with Gasteiger partial charge in [-0.2, -0.15) is 0 Å². The summed E-state index contributed by atoms with van der Waals surface area (Å²) in [5.74, 6) is -0.274. The molecule has 37 heavy (non-hydrogen) atoms. The van der Waals surface area contributed by atoms with Gasteiger partial charge in [-0.15, -0.1) is 0 Å². The lowest BCUT2D eigenvalue weighted by Crippen LogP contribution is -2.46. The van der Waals surface area contributed by atoms with Crippen molar-refractivity contribution in [1.29, 1.82) is 0 Å². The molecule has 1 aliphatic rings. The van der Waals surface area contributed by atoms with E-state index in [0.717, 1.165) is 21.0 Å². The SMILES string of the molecule is COc1ccc(N(CCN2C(=O)c3cccc4c(Br)ccc(c34)C2=O)C(=O)c2cc(C)cc(C)c2)cc1. The lowest BCUT2D eigenvalue weighted by molar-refractivity contribution is 0.0611. The number of rotatable bonds is 6. The fourth-order valence-corrected chi connectivity index (χ4v) is 5.34. The molecule has 5 rings (SSSR count). The van der Waals surface area contributed by atoms with Gasteiger partial charge in [0.05, 0.1) is 7.11 Å². The van der Waals surface area contributed by atoms with Crippen LogP contribution in [0.5, 0.6) is 5.75 Å². The first kappa shape index (κ1) is 24.7. The van der Waals surface area contributed by atoms with E-state index < -0.39 is 0 Å². The highest BCUT2D eigenvalue weighted by Gasteiger charge is 2.34. The Balaban J connectivity index is 1.49. The number of benzene rings is 4. The molecular formula is C30H25BrN2O4. The Labute approximate surface area is 223 Å². The number of hydrogen-bond acceptors (Lipinski definition) is 4. The van der Waals surface area contributed by atoms with Crippen molar-refractivity contribution in [2.45, 2.75) is 13.8 Å². The smallest absolute Gasteiger partial charge is 0.261 e. The second kappa shape index (κ2) is 9.82. The first-order chi connectivity index (χ1) is 17.8. The summed E-state index contributed by atoms with van der Waals surface area (Å²) >= 11 is 3.52. The molecule has 1 aliphatic heterocycles. The minimum Gasteiger partial charge on any atom is -0.497 e. The maximum absolute atomic E-state index is 13.7. The molecule has 0 spiro atoms. The van der Waals surface area contributed by atoms with E-state index in [1.54, 1.807) is 48.4 Å². The third kappa shape index (κ3) is 4.51. The van der Waals surface area contributed by atoms with Gasteiger partial charge in [-0.25, -0.2) is 0 Å². The first-order valence-electron chi connectivity index (χ1n) is 11.9. The molecule has 0 N–H and O–H groups in total. The van der Waals surface area contributed by atoms with E-state index in [9.17, 15) is 14.4 Å². The number of anilines is 1. The van der Waals surface area contributed by atoms with E-state index in [4.69, 9.17) is 4.74 Å². The highest BCUT2D eigenvalue weighted by Crippen LogP contribution is 2.34. The molecule has 0 bridgehead atoms. The summed E-state index contributed by atoms with van der Waals surface area (Å²) in [6, 6.07) is 21.8. The Morgan fingerprint density at radius 3 is 2.19 bits per heavy atom. The van der Waals surface area contributed by atoms with Gasteiger partial charge in [0.25, 0.3) is 17.7 Å². The van der Waals surface area contributed by atoms with Crippen LogP contribution in [-0.2, 0) is 0 Å². The van der Waals surface area contributed by atoms with Crippen molar-refractivity contribution >= 4 is 50.1 Å². The summed E-state index contributed by atoms with van der Waals surface area (Å²) in [6.07, 6.45) is 0. The molecule has 1 heterocycles. The Morgan fingerprint density at radius 2 is 1.54 bits per heavy atom. The summed E-state index contributed by atoms with van der Waals surface area (Å²) in [7, 11) is 1.58. The number of nitrogens with zero attached hydrogens (tertiary/aromatic N) is 2. The topological polar surface area (TPSA) is 66.9 Å². The zero-order valence-electron chi connectivity index (χ0n) is 20.7. The van der Waals surface area contributed by atoms with Gasteiger partial charge in [0, 0.05) is 45.3 Å². The third-order valence-electron chi connectivity index (χ3n) is 6.58. The Kier molecular flexibility index (Phi) is 6.56. The van der Waals surface area contributed by atoms with E-state index in [2.05, 4.69) is 15.9 Å². The van der Waals surface area contributed by atoms with Gasteiger partial charge < -0.3 is 9.64 Å². The first-order valence-corrected chi connectivity index (χ1v) is 12.7. The molecule has 4 aromatic carbocycles. The quantitative estimate of drug-likeness (QED) is 0.266. The Hall–Kier alpha value is -3.97. The minimum atomic E-state index is -0.366. The number of aryl methyl sites for hydroxylation is 2. The van der Waals surface area contributed by atoms with E-state index in [1.165, 1.54) is 4.90 Å². The minimum absolute atomic E-state index is 0.0477. The number of hydrogen-bond donors (Lipinski definition) is 0. The van der Waals surface area contributed by atoms with Crippen molar-refractivity contribution in [2.24, 2.45) is 0 Å². The second-order valence-corrected chi connectivity index (χ2v) is 9.97. The molecular weight excluding hydrogens is 532 g/mol. The molecule has 0 radical (unpaired) electrons. The number of imide groups is 1. The monoisotopic (exact) mass is 556 g/mol. The van der Waals surface area contributed by atoms with Gasteiger partial charge in [0.15, 0.2) is 0 Å². The van der Waals surface area contributed by atoms with Gasteiger partial charge in [0.1, 0.15) is 5.75 Å². The van der Waals surface area contributed by atoms with Crippen LogP contribution in [0, 0.1) is 13.8 Å². The molecule has 186 valence electrons. The Bertz CT molecular complexity index is 1520. The summed E-state index contributed by atoms with van der Waals surface area (Å²) in [6.45, 7) is 4.08. The molecule has 3 amide bonds. The normalized spacial score (nSPS) is 12.7. The Morgan fingerprint density at radius 1 is 0.892 bits per heavy atom. The average molecular weight is 557 g/mol. The van der Waals surface area contributed by atoms with E-state index in [1.807, 2.05) is 50.2 Å². The number of carbonyl (C=O) groups is 3. The zero-order valence-corrected chi connectivity index (χ0v) is 22.3. The van der Waals surface area contributed by atoms with Crippen LogP contribution in [0.2, 0.25) is 0 Å². The van der Waals surface area contributed by atoms with Crippen molar-refractivity contribution in [2.75, 3.05) is 25.1 Å². The number of halogens is 1. The lowest BCUT2D eigenvalue weighted by Gasteiger charge is -2.30. The predicted octanol–water partition coefficient (Wildman–Crippen LogP) is 6.17. The molecule has 0 atom stereocenters. The van der Waals surface area contributed by atoms with Crippen LogP contribution < -0.4 is 9.64 Å². The van der Waals surface area contributed by atoms with Crippen molar-refractivity contribution in [3.05, 3.63) is 105 Å². The molecule has 0 aliphatic carbocycles. The molecule has 0 saturated carbocycles. The highest BCUT2D eigenvalue weighted by atomic mass is 79.9. The van der Waals surface area contributed by atoms with Gasteiger partial charge in [-0.3, -0.25) is 19.3 Å². The number of methoxy groups -OCH3 is 1. The van der Waals surface area contributed by atoms with E-state index in [-0.39, 0.29) is 30.8 Å². The molecule has 0 fully saturated rings. The van der Waals surface area contributed by atoms with Crippen LogP contribution in [0.4, 0.5) is 5.69 Å². The summed E-state index contributed by atoms with van der Waals surface area (Å²) < 4.78 is 6.10. The van der Waals surface area contributed by atoms with Gasteiger partial charge in [-0.1, -0.05) is 45.3 Å². The van der Waals surface area contributed by atoms with Gasteiger partial charge >= 0.3 is 0 Å². The molecule has 0 aromatic heterocycles. The second-order valence-electron chi connectivity index (χ2n) is 9.12.